The van der Waals surface area contributed by atoms with Crippen LogP contribution in [-0.2, 0) is 21.2 Å². The number of rotatable bonds is 3. The number of anilines is 1. The quantitative estimate of drug-likeness (QED) is 0.875. The van der Waals surface area contributed by atoms with Crippen LogP contribution in [0.5, 0.6) is 0 Å². The van der Waals surface area contributed by atoms with Crippen molar-refractivity contribution in [3.8, 4) is 0 Å². The molecule has 2 aromatic heterocycles. The van der Waals surface area contributed by atoms with Crippen molar-refractivity contribution in [1.82, 2.24) is 19.6 Å². The third-order valence-electron chi connectivity index (χ3n) is 5.37. The lowest BCUT2D eigenvalue weighted by Gasteiger charge is -2.25. The predicted octanol–water partition coefficient (Wildman–Crippen LogP) is 1.55. The van der Waals surface area contributed by atoms with E-state index in [1.807, 2.05) is 31.6 Å². The molecule has 1 saturated heterocycles. The van der Waals surface area contributed by atoms with E-state index in [1.165, 1.54) is 0 Å². The lowest BCUT2D eigenvalue weighted by molar-refractivity contribution is -0.116. The molecular formula is C17H23N5O3S. The zero-order chi connectivity index (χ0) is 18.6. The summed E-state index contributed by atoms with van der Waals surface area (Å²) in [5.41, 5.74) is 3.75. The number of aromatic nitrogens is 4. The van der Waals surface area contributed by atoms with Gasteiger partial charge in [0.15, 0.2) is 9.84 Å². The van der Waals surface area contributed by atoms with Gasteiger partial charge < -0.3 is 5.32 Å². The summed E-state index contributed by atoms with van der Waals surface area (Å²) >= 11 is 0. The van der Waals surface area contributed by atoms with Crippen molar-refractivity contribution in [3.05, 3.63) is 28.7 Å². The second-order valence-corrected chi connectivity index (χ2v) is 9.41. The summed E-state index contributed by atoms with van der Waals surface area (Å²) in [6, 6.07) is -0.221. The molecule has 0 bridgehead atoms. The lowest BCUT2D eigenvalue weighted by Crippen LogP contribution is -2.26. The van der Waals surface area contributed by atoms with Crippen LogP contribution in [0.25, 0.3) is 0 Å². The Balaban J connectivity index is 1.81. The minimum absolute atomic E-state index is 0.0758. The second kappa shape index (κ2) is 5.94. The summed E-state index contributed by atoms with van der Waals surface area (Å²) in [5.74, 6) is 0.715. The van der Waals surface area contributed by atoms with E-state index < -0.39 is 9.84 Å². The molecule has 1 N–H and O–H groups in total. The van der Waals surface area contributed by atoms with E-state index in [1.54, 1.807) is 4.68 Å². The molecule has 0 saturated carbocycles. The first-order valence-electron chi connectivity index (χ1n) is 8.92. The van der Waals surface area contributed by atoms with Gasteiger partial charge in [0.1, 0.15) is 5.82 Å². The average molecular weight is 377 g/mol. The molecule has 0 aromatic carbocycles. The van der Waals surface area contributed by atoms with Crippen LogP contribution in [0.4, 0.5) is 5.82 Å². The highest BCUT2D eigenvalue weighted by molar-refractivity contribution is 7.91. The Hall–Kier alpha value is -2.16. The summed E-state index contributed by atoms with van der Waals surface area (Å²) in [6.07, 6.45) is 2.88. The molecule has 8 nitrogen and oxygen atoms in total. The van der Waals surface area contributed by atoms with Gasteiger partial charge in [-0.1, -0.05) is 0 Å². The number of hydrogen-bond acceptors (Lipinski definition) is 5. The molecule has 0 spiro atoms. The molecule has 140 valence electrons. The van der Waals surface area contributed by atoms with E-state index in [0.717, 1.165) is 29.1 Å². The molecule has 4 rings (SSSR count). The van der Waals surface area contributed by atoms with Crippen molar-refractivity contribution >= 4 is 21.6 Å². The van der Waals surface area contributed by atoms with Crippen LogP contribution in [-0.4, -0.2) is 45.4 Å². The maximum absolute atomic E-state index is 12.4. The van der Waals surface area contributed by atoms with Crippen LogP contribution in [0.2, 0.25) is 0 Å². The standard InChI is InChI=1S/C17H23N5O3S/c1-4-21-8-14(10(2)19-21)13-7-15(23)18-17-16(13)11(3)20-22(17)12-5-6-26(24,25)9-12/h8,12-13H,4-7,9H2,1-3H3,(H,18,23)/t12-,13-/m1/s1. The van der Waals surface area contributed by atoms with Gasteiger partial charge in [-0.15, -0.1) is 0 Å². The van der Waals surface area contributed by atoms with Gasteiger partial charge in [-0.2, -0.15) is 10.2 Å². The number of nitrogens with one attached hydrogen (secondary N) is 1. The van der Waals surface area contributed by atoms with Gasteiger partial charge in [-0.3, -0.25) is 9.48 Å². The van der Waals surface area contributed by atoms with E-state index in [4.69, 9.17) is 0 Å². The van der Waals surface area contributed by atoms with Gasteiger partial charge in [0.2, 0.25) is 5.91 Å². The van der Waals surface area contributed by atoms with Crippen molar-refractivity contribution in [2.24, 2.45) is 0 Å². The molecule has 1 amide bonds. The van der Waals surface area contributed by atoms with Gasteiger partial charge in [0.25, 0.3) is 0 Å². The predicted molar refractivity (Wildman–Crippen MR) is 97.0 cm³/mol. The summed E-state index contributed by atoms with van der Waals surface area (Å²) < 4.78 is 27.4. The smallest absolute Gasteiger partial charge is 0.226 e. The van der Waals surface area contributed by atoms with Gasteiger partial charge >= 0.3 is 0 Å². The molecule has 0 aliphatic carbocycles. The van der Waals surface area contributed by atoms with Crippen molar-refractivity contribution in [2.45, 2.75) is 52.1 Å². The SMILES string of the molecule is CCn1cc([C@H]2CC(=O)Nc3c2c(C)nn3[C@@H]2CCS(=O)(=O)C2)c(C)n1. The van der Waals surface area contributed by atoms with Crippen LogP contribution in [0.15, 0.2) is 6.20 Å². The molecule has 1 fully saturated rings. The molecule has 26 heavy (non-hydrogen) atoms. The highest BCUT2D eigenvalue weighted by atomic mass is 32.2. The monoisotopic (exact) mass is 377 g/mol. The molecule has 0 unspecified atom stereocenters. The van der Waals surface area contributed by atoms with Crippen molar-refractivity contribution < 1.29 is 13.2 Å². The van der Waals surface area contributed by atoms with Gasteiger partial charge in [0.05, 0.1) is 28.9 Å². The van der Waals surface area contributed by atoms with Gasteiger partial charge in [0, 0.05) is 36.2 Å². The topological polar surface area (TPSA) is 98.9 Å². The maximum atomic E-state index is 12.4. The second-order valence-electron chi connectivity index (χ2n) is 7.18. The highest BCUT2D eigenvalue weighted by Gasteiger charge is 2.38. The first-order valence-corrected chi connectivity index (χ1v) is 10.7. The van der Waals surface area contributed by atoms with Crippen LogP contribution >= 0.6 is 0 Å². The number of nitrogens with zero attached hydrogens (tertiary/aromatic N) is 4. The number of aryl methyl sites for hydroxylation is 3. The number of carbonyl (C=O) groups is 1. The molecule has 2 aliphatic heterocycles. The molecule has 4 heterocycles. The Morgan fingerprint density at radius 1 is 1.27 bits per heavy atom. The summed E-state index contributed by atoms with van der Waals surface area (Å²) in [6.45, 7) is 6.67. The summed E-state index contributed by atoms with van der Waals surface area (Å²) in [5, 5.41) is 12.1. The Kier molecular flexibility index (Phi) is 3.94. The first-order chi connectivity index (χ1) is 12.3. The van der Waals surface area contributed by atoms with E-state index >= 15 is 0 Å². The number of sulfone groups is 1. The van der Waals surface area contributed by atoms with Crippen molar-refractivity contribution in [3.63, 3.8) is 0 Å². The minimum Gasteiger partial charge on any atom is -0.311 e. The fraction of sp³-hybridized carbons (Fsp3) is 0.588. The summed E-state index contributed by atoms with van der Waals surface area (Å²) in [7, 11) is -3.03. The molecular weight excluding hydrogens is 354 g/mol. The number of carbonyl (C=O) groups excluding carboxylic acids is 1. The van der Waals surface area contributed by atoms with Gasteiger partial charge in [-0.25, -0.2) is 13.1 Å². The third-order valence-corrected chi connectivity index (χ3v) is 7.12. The Morgan fingerprint density at radius 3 is 2.65 bits per heavy atom. The fourth-order valence-electron chi connectivity index (χ4n) is 4.11. The van der Waals surface area contributed by atoms with Crippen molar-refractivity contribution in [1.29, 1.82) is 0 Å². The Morgan fingerprint density at radius 2 is 2.04 bits per heavy atom. The fourth-order valence-corrected chi connectivity index (χ4v) is 5.80. The van der Waals surface area contributed by atoms with Crippen LogP contribution in [0.3, 0.4) is 0 Å². The largest absolute Gasteiger partial charge is 0.311 e. The molecule has 2 atom stereocenters. The van der Waals surface area contributed by atoms with Crippen LogP contribution < -0.4 is 5.32 Å². The van der Waals surface area contributed by atoms with E-state index in [-0.39, 0.29) is 29.4 Å². The summed E-state index contributed by atoms with van der Waals surface area (Å²) in [4.78, 5) is 12.4. The minimum atomic E-state index is -3.03. The Labute approximate surface area is 152 Å². The number of amides is 1. The first kappa shape index (κ1) is 17.3. The third kappa shape index (κ3) is 2.74. The highest BCUT2D eigenvalue weighted by Crippen LogP contribution is 2.42. The van der Waals surface area contributed by atoms with E-state index in [2.05, 4.69) is 15.5 Å². The van der Waals surface area contributed by atoms with E-state index in [9.17, 15) is 13.2 Å². The number of hydrogen-bond donors (Lipinski definition) is 1. The van der Waals surface area contributed by atoms with Crippen LogP contribution in [0, 0.1) is 13.8 Å². The molecule has 2 aromatic rings. The van der Waals surface area contributed by atoms with E-state index in [0.29, 0.717) is 18.7 Å². The zero-order valence-electron chi connectivity index (χ0n) is 15.2. The lowest BCUT2D eigenvalue weighted by atomic mass is 9.86. The molecule has 0 radical (unpaired) electrons. The van der Waals surface area contributed by atoms with Gasteiger partial charge in [-0.05, 0) is 27.2 Å². The maximum Gasteiger partial charge on any atom is 0.226 e. The molecule has 2 aliphatic rings. The zero-order valence-corrected chi connectivity index (χ0v) is 16.0. The molecule has 9 heteroatoms. The average Bonchev–Trinajstić information content (AvgIpc) is 3.22. The van der Waals surface area contributed by atoms with Crippen LogP contribution in [0.1, 0.15) is 54.2 Å². The number of fused-ring (bicyclic) bond motifs is 1. The Bertz CT molecular complexity index is 988. The van der Waals surface area contributed by atoms with Crippen molar-refractivity contribution in [2.75, 3.05) is 16.8 Å². The normalized spacial score (nSPS) is 24.5.